The fourth-order valence-electron chi connectivity index (χ4n) is 2.61. The van der Waals surface area contributed by atoms with Gasteiger partial charge in [0, 0.05) is 13.1 Å². The zero-order valence-electron chi connectivity index (χ0n) is 11.6. The number of carbonyl (C=O) groups is 1. The second-order valence-electron chi connectivity index (χ2n) is 5.76. The van der Waals surface area contributed by atoms with E-state index in [1.165, 1.54) is 36.8 Å². The molecule has 0 atom stereocenters. The first-order valence-electron chi connectivity index (χ1n) is 6.97. The molecule has 1 fully saturated rings. The summed E-state index contributed by atoms with van der Waals surface area (Å²) in [5.74, 6) is -0.0136. The van der Waals surface area contributed by atoms with Gasteiger partial charge in [-0.2, -0.15) is 0 Å². The van der Waals surface area contributed by atoms with E-state index in [4.69, 9.17) is 5.73 Å². The number of nitrogens with two attached hydrogens (primary N) is 1. The van der Waals surface area contributed by atoms with Crippen LogP contribution in [0.2, 0.25) is 0 Å². The average Bonchev–Trinajstić information content (AvgIpc) is 2.85. The molecule has 106 valence electrons. The third kappa shape index (κ3) is 4.02. The van der Waals surface area contributed by atoms with E-state index in [1.807, 2.05) is 0 Å². The summed E-state index contributed by atoms with van der Waals surface area (Å²) in [4.78, 5) is 11.9. The molecule has 0 bridgehead atoms. The van der Waals surface area contributed by atoms with Crippen molar-refractivity contribution in [1.82, 2.24) is 20.3 Å². The van der Waals surface area contributed by atoms with Crippen LogP contribution in [0, 0.1) is 5.41 Å². The Labute approximate surface area is 113 Å². The zero-order valence-corrected chi connectivity index (χ0v) is 11.6. The summed E-state index contributed by atoms with van der Waals surface area (Å²) < 4.78 is 1.53. The molecule has 1 heterocycles. The van der Waals surface area contributed by atoms with Gasteiger partial charge in [-0.25, -0.2) is 4.68 Å². The van der Waals surface area contributed by atoms with Crippen LogP contribution in [0.25, 0.3) is 0 Å². The number of nitrogens with one attached hydrogen (secondary N) is 1. The lowest BCUT2D eigenvalue weighted by Crippen LogP contribution is -2.38. The predicted octanol–water partition coefficient (Wildman–Crippen LogP) is 0.823. The van der Waals surface area contributed by atoms with Gasteiger partial charge in [0.1, 0.15) is 6.54 Å². The summed E-state index contributed by atoms with van der Waals surface area (Å²) in [7, 11) is 0. The molecule has 0 unspecified atom stereocenters. The lowest BCUT2D eigenvalue weighted by Gasteiger charge is -2.33. The van der Waals surface area contributed by atoms with Crippen molar-refractivity contribution in [3.8, 4) is 0 Å². The molecule has 0 aliphatic heterocycles. The van der Waals surface area contributed by atoms with Gasteiger partial charge in [0.05, 0.1) is 11.9 Å². The van der Waals surface area contributed by atoms with Crippen molar-refractivity contribution >= 4 is 5.91 Å². The first kappa shape index (κ1) is 14.0. The van der Waals surface area contributed by atoms with Gasteiger partial charge in [0.25, 0.3) is 0 Å². The topological polar surface area (TPSA) is 85.8 Å². The Morgan fingerprint density at radius 1 is 1.47 bits per heavy atom. The summed E-state index contributed by atoms with van der Waals surface area (Å²) in [6.45, 7) is 3.57. The van der Waals surface area contributed by atoms with Crippen LogP contribution < -0.4 is 11.1 Å². The monoisotopic (exact) mass is 265 g/mol. The van der Waals surface area contributed by atoms with E-state index in [2.05, 4.69) is 22.6 Å². The second kappa shape index (κ2) is 6.14. The molecule has 6 heteroatoms. The highest BCUT2D eigenvalue weighted by Gasteiger charge is 2.27. The Morgan fingerprint density at radius 3 is 2.84 bits per heavy atom. The number of hydrogen-bond acceptors (Lipinski definition) is 4. The van der Waals surface area contributed by atoms with Crippen LogP contribution >= 0.6 is 0 Å². The van der Waals surface area contributed by atoms with Crippen molar-refractivity contribution < 1.29 is 4.79 Å². The van der Waals surface area contributed by atoms with E-state index in [9.17, 15) is 4.79 Å². The Bertz CT molecular complexity index is 422. The van der Waals surface area contributed by atoms with Gasteiger partial charge in [-0.1, -0.05) is 31.4 Å². The largest absolute Gasteiger partial charge is 0.354 e. The maximum Gasteiger partial charge on any atom is 0.241 e. The molecule has 2 rings (SSSR count). The molecule has 6 nitrogen and oxygen atoms in total. The van der Waals surface area contributed by atoms with Crippen molar-refractivity contribution in [2.75, 3.05) is 6.54 Å². The number of rotatable bonds is 5. The minimum atomic E-state index is -0.0136. The molecule has 3 N–H and O–H groups in total. The standard InChI is InChI=1S/C13H23N5O/c1-13(5-3-2-4-6-13)10-15-12(19)9-18-8-11(7-14)16-17-18/h8H,2-7,9-10,14H2,1H3,(H,15,19). The fraction of sp³-hybridized carbons (Fsp3) is 0.769. The van der Waals surface area contributed by atoms with Gasteiger partial charge in [-0.15, -0.1) is 5.10 Å². The van der Waals surface area contributed by atoms with Gasteiger partial charge in [-0.3, -0.25) is 4.79 Å². The Balaban J connectivity index is 1.77. The van der Waals surface area contributed by atoms with Gasteiger partial charge < -0.3 is 11.1 Å². The maximum atomic E-state index is 11.9. The molecule has 0 saturated heterocycles. The smallest absolute Gasteiger partial charge is 0.241 e. The number of aromatic nitrogens is 3. The summed E-state index contributed by atoms with van der Waals surface area (Å²) in [6.07, 6.45) is 7.98. The van der Waals surface area contributed by atoms with Crippen molar-refractivity contribution in [3.05, 3.63) is 11.9 Å². The molecule has 0 spiro atoms. The van der Waals surface area contributed by atoms with Crippen LogP contribution in [0.15, 0.2) is 6.20 Å². The van der Waals surface area contributed by atoms with Gasteiger partial charge in [0.2, 0.25) is 5.91 Å². The van der Waals surface area contributed by atoms with Gasteiger partial charge in [0.15, 0.2) is 0 Å². The van der Waals surface area contributed by atoms with Gasteiger partial charge >= 0.3 is 0 Å². The van der Waals surface area contributed by atoms with E-state index < -0.39 is 0 Å². The van der Waals surface area contributed by atoms with Crippen LogP contribution in [0.5, 0.6) is 0 Å². The Morgan fingerprint density at radius 2 is 2.21 bits per heavy atom. The van der Waals surface area contributed by atoms with Gasteiger partial charge in [-0.05, 0) is 18.3 Å². The van der Waals surface area contributed by atoms with Crippen LogP contribution in [0.1, 0.15) is 44.7 Å². The third-order valence-corrected chi connectivity index (χ3v) is 3.87. The van der Waals surface area contributed by atoms with E-state index >= 15 is 0 Å². The number of hydrogen-bond donors (Lipinski definition) is 2. The van der Waals surface area contributed by atoms with E-state index in [0.717, 1.165) is 6.54 Å². The van der Waals surface area contributed by atoms with Crippen molar-refractivity contribution in [2.45, 2.75) is 52.1 Å². The van der Waals surface area contributed by atoms with Crippen molar-refractivity contribution in [1.29, 1.82) is 0 Å². The zero-order chi connectivity index (χ0) is 13.7. The quantitative estimate of drug-likeness (QED) is 0.825. The first-order chi connectivity index (χ1) is 9.11. The molecule has 1 aliphatic rings. The molecule has 1 aromatic heterocycles. The predicted molar refractivity (Wildman–Crippen MR) is 72.1 cm³/mol. The molecule has 19 heavy (non-hydrogen) atoms. The Kier molecular flexibility index (Phi) is 4.52. The van der Waals surface area contributed by atoms with E-state index in [1.54, 1.807) is 6.20 Å². The summed E-state index contributed by atoms with van der Waals surface area (Å²) in [5.41, 5.74) is 6.41. The fourth-order valence-corrected chi connectivity index (χ4v) is 2.61. The number of carbonyl (C=O) groups excluding carboxylic acids is 1. The van der Waals surface area contributed by atoms with Crippen LogP contribution in [0.4, 0.5) is 0 Å². The molecule has 1 amide bonds. The highest BCUT2D eigenvalue weighted by molar-refractivity contribution is 5.75. The molecular formula is C13H23N5O. The summed E-state index contributed by atoms with van der Waals surface area (Å²) >= 11 is 0. The molecule has 1 aromatic rings. The SMILES string of the molecule is CC1(CNC(=O)Cn2cc(CN)nn2)CCCCC1. The molecule has 1 saturated carbocycles. The van der Waals surface area contributed by atoms with Crippen molar-refractivity contribution in [2.24, 2.45) is 11.1 Å². The molecule has 0 aromatic carbocycles. The Hall–Kier alpha value is -1.43. The molecule has 1 aliphatic carbocycles. The third-order valence-electron chi connectivity index (χ3n) is 3.87. The summed E-state index contributed by atoms with van der Waals surface area (Å²) in [6, 6.07) is 0. The van der Waals surface area contributed by atoms with E-state index in [0.29, 0.717) is 12.2 Å². The minimum absolute atomic E-state index is 0.0136. The number of nitrogens with zero attached hydrogens (tertiary/aromatic N) is 3. The van der Waals surface area contributed by atoms with Crippen LogP contribution in [0.3, 0.4) is 0 Å². The highest BCUT2D eigenvalue weighted by atomic mass is 16.2. The minimum Gasteiger partial charge on any atom is -0.354 e. The molecule has 0 radical (unpaired) electrons. The van der Waals surface area contributed by atoms with Crippen molar-refractivity contribution in [3.63, 3.8) is 0 Å². The maximum absolute atomic E-state index is 11.9. The summed E-state index contributed by atoms with van der Waals surface area (Å²) in [5, 5.41) is 10.7. The first-order valence-corrected chi connectivity index (χ1v) is 6.97. The molecular weight excluding hydrogens is 242 g/mol. The van der Waals surface area contributed by atoms with Crippen LogP contribution in [-0.2, 0) is 17.9 Å². The van der Waals surface area contributed by atoms with Crippen LogP contribution in [-0.4, -0.2) is 27.4 Å². The number of amides is 1. The highest BCUT2D eigenvalue weighted by Crippen LogP contribution is 2.34. The second-order valence-corrected chi connectivity index (χ2v) is 5.76. The van der Waals surface area contributed by atoms with E-state index in [-0.39, 0.29) is 17.9 Å². The lowest BCUT2D eigenvalue weighted by molar-refractivity contribution is -0.122. The average molecular weight is 265 g/mol. The normalized spacial score (nSPS) is 18.2. The lowest BCUT2D eigenvalue weighted by atomic mass is 9.76.